The first kappa shape index (κ1) is 26.5. The Bertz CT molecular complexity index is 1370. The van der Waals surface area contributed by atoms with E-state index in [1.807, 2.05) is 31.2 Å². The highest BCUT2D eigenvalue weighted by atomic mass is 127. The van der Waals surface area contributed by atoms with E-state index in [1.54, 1.807) is 30.3 Å². The molecular formula is C26H19Cl2IN2O4S. The van der Waals surface area contributed by atoms with Crippen LogP contribution in [0.15, 0.2) is 70.6 Å². The third-order valence-electron chi connectivity index (χ3n) is 5.14. The molecule has 0 aliphatic carbocycles. The Balaban J connectivity index is 1.56. The fourth-order valence-electron chi connectivity index (χ4n) is 3.38. The lowest BCUT2D eigenvalue weighted by Crippen LogP contribution is -2.28. The fraction of sp³-hybridized carbons (Fsp3) is 0.115. The van der Waals surface area contributed by atoms with Crippen LogP contribution in [0.1, 0.15) is 28.4 Å². The first-order chi connectivity index (χ1) is 17.2. The first-order valence-corrected chi connectivity index (χ1v) is 13.4. The molecule has 1 amide bonds. The molecule has 0 saturated carbocycles. The van der Waals surface area contributed by atoms with E-state index in [1.165, 1.54) is 28.8 Å². The zero-order chi connectivity index (χ0) is 25.8. The van der Waals surface area contributed by atoms with Crippen molar-refractivity contribution in [2.45, 2.75) is 13.5 Å². The van der Waals surface area contributed by atoms with Crippen molar-refractivity contribution in [3.05, 3.63) is 95.9 Å². The second-order valence-corrected chi connectivity index (χ2v) is 10.7. The van der Waals surface area contributed by atoms with Gasteiger partial charge in [0.05, 0.1) is 26.2 Å². The van der Waals surface area contributed by atoms with Crippen molar-refractivity contribution in [3.63, 3.8) is 0 Å². The number of amides is 1. The molecular weight excluding hydrogens is 634 g/mol. The minimum atomic E-state index is -1.04. The Morgan fingerprint density at radius 3 is 2.47 bits per heavy atom. The van der Waals surface area contributed by atoms with Crippen LogP contribution in [0.2, 0.25) is 10.0 Å². The van der Waals surface area contributed by atoms with E-state index in [0.29, 0.717) is 50.3 Å². The van der Waals surface area contributed by atoms with E-state index in [-0.39, 0.29) is 11.5 Å². The Morgan fingerprint density at radius 2 is 1.83 bits per heavy atom. The standard InChI is InChI=1S/C26H19Cl2IN2O4S/c1-2-31-24(32)22(36-26(31)30-19-5-3-4-17(13-19)25(33)34)12-16-10-20(27)23(21(28)11-16)35-14-15-6-8-18(29)9-7-15/h3-13H,2,14H2,1H3,(H,33,34). The molecule has 1 aliphatic rings. The molecule has 0 radical (unpaired) electrons. The molecule has 3 aromatic carbocycles. The van der Waals surface area contributed by atoms with Crippen LogP contribution in [0.4, 0.5) is 5.69 Å². The van der Waals surface area contributed by atoms with Gasteiger partial charge in [0, 0.05) is 10.1 Å². The van der Waals surface area contributed by atoms with E-state index < -0.39 is 5.97 Å². The van der Waals surface area contributed by atoms with Gasteiger partial charge in [-0.2, -0.15) is 0 Å². The Hall–Kier alpha value is -2.53. The Kier molecular flexibility index (Phi) is 8.61. The second-order valence-electron chi connectivity index (χ2n) is 7.64. The second kappa shape index (κ2) is 11.7. The summed E-state index contributed by atoms with van der Waals surface area (Å²) in [7, 11) is 0. The van der Waals surface area contributed by atoms with Crippen molar-refractivity contribution in [3.8, 4) is 5.75 Å². The molecule has 0 aromatic heterocycles. The van der Waals surface area contributed by atoms with Crippen LogP contribution in [0.25, 0.3) is 6.08 Å². The number of hydrogen-bond donors (Lipinski definition) is 1. The number of rotatable bonds is 7. The highest BCUT2D eigenvalue weighted by Gasteiger charge is 2.32. The predicted molar refractivity (Wildman–Crippen MR) is 153 cm³/mol. The highest BCUT2D eigenvalue weighted by Crippen LogP contribution is 2.38. The summed E-state index contributed by atoms with van der Waals surface area (Å²) in [4.78, 5) is 30.8. The third-order valence-corrected chi connectivity index (χ3v) is 7.42. The van der Waals surface area contributed by atoms with Gasteiger partial charge in [0.1, 0.15) is 6.61 Å². The number of amidine groups is 1. The van der Waals surface area contributed by atoms with Gasteiger partial charge in [-0.15, -0.1) is 0 Å². The summed E-state index contributed by atoms with van der Waals surface area (Å²) in [5, 5.41) is 10.4. The van der Waals surface area contributed by atoms with Crippen LogP contribution in [0.5, 0.6) is 5.75 Å². The maximum atomic E-state index is 13.0. The number of halogens is 3. The van der Waals surface area contributed by atoms with Gasteiger partial charge in [0.25, 0.3) is 5.91 Å². The lowest BCUT2D eigenvalue weighted by molar-refractivity contribution is -0.122. The number of aromatic carboxylic acids is 1. The SMILES string of the molecule is CCN1C(=O)C(=Cc2cc(Cl)c(OCc3ccc(I)cc3)c(Cl)c2)SC1=Nc1cccc(C(=O)O)c1. The molecule has 4 rings (SSSR count). The number of carbonyl (C=O) groups is 2. The molecule has 0 unspecified atom stereocenters. The van der Waals surface area contributed by atoms with Crippen LogP contribution in [0.3, 0.4) is 0 Å². The van der Waals surface area contributed by atoms with E-state index in [4.69, 9.17) is 27.9 Å². The fourth-order valence-corrected chi connectivity index (χ4v) is 5.41. The van der Waals surface area contributed by atoms with Gasteiger partial charge in [0.15, 0.2) is 10.9 Å². The number of hydrogen-bond acceptors (Lipinski definition) is 5. The Labute approximate surface area is 236 Å². The number of carboxylic acid groups (broad SMARTS) is 1. The summed E-state index contributed by atoms with van der Waals surface area (Å²) in [6, 6.07) is 17.6. The van der Waals surface area contributed by atoms with Crippen LogP contribution in [-0.4, -0.2) is 33.6 Å². The van der Waals surface area contributed by atoms with Gasteiger partial charge < -0.3 is 9.84 Å². The van der Waals surface area contributed by atoms with Gasteiger partial charge in [-0.25, -0.2) is 9.79 Å². The molecule has 0 atom stereocenters. The van der Waals surface area contributed by atoms with Crippen molar-refractivity contribution in [2.24, 2.45) is 4.99 Å². The normalized spacial score (nSPS) is 15.7. The maximum Gasteiger partial charge on any atom is 0.335 e. The molecule has 1 saturated heterocycles. The van der Waals surface area contributed by atoms with Crippen LogP contribution in [0, 0.1) is 3.57 Å². The predicted octanol–water partition coefficient (Wildman–Crippen LogP) is 7.50. The lowest BCUT2D eigenvalue weighted by Gasteiger charge is -2.12. The zero-order valence-electron chi connectivity index (χ0n) is 18.9. The molecule has 1 fully saturated rings. The number of benzene rings is 3. The number of thioether (sulfide) groups is 1. The molecule has 1 N–H and O–H groups in total. The first-order valence-electron chi connectivity index (χ1n) is 10.7. The van der Waals surface area contributed by atoms with Crippen LogP contribution in [-0.2, 0) is 11.4 Å². The average molecular weight is 653 g/mol. The highest BCUT2D eigenvalue weighted by molar-refractivity contribution is 14.1. The van der Waals surface area contributed by atoms with Crippen molar-refractivity contribution in [1.29, 1.82) is 0 Å². The van der Waals surface area contributed by atoms with Crippen molar-refractivity contribution < 1.29 is 19.4 Å². The molecule has 184 valence electrons. The van der Waals surface area contributed by atoms with Crippen molar-refractivity contribution in [1.82, 2.24) is 4.90 Å². The molecule has 6 nitrogen and oxygen atoms in total. The van der Waals surface area contributed by atoms with E-state index >= 15 is 0 Å². The summed E-state index contributed by atoms with van der Waals surface area (Å²) in [6.07, 6.45) is 1.70. The largest absolute Gasteiger partial charge is 0.486 e. The number of nitrogens with zero attached hydrogens (tertiary/aromatic N) is 2. The van der Waals surface area contributed by atoms with Crippen LogP contribution >= 0.6 is 57.6 Å². The summed E-state index contributed by atoms with van der Waals surface area (Å²) >= 11 is 16.4. The van der Waals surface area contributed by atoms with Crippen molar-refractivity contribution >= 4 is 86.4 Å². The van der Waals surface area contributed by atoms with Gasteiger partial charge >= 0.3 is 5.97 Å². The summed E-state index contributed by atoms with van der Waals surface area (Å²) in [6.45, 7) is 2.57. The molecule has 10 heteroatoms. The number of aliphatic imine (C=N–C) groups is 1. The molecule has 1 heterocycles. The average Bonchev–Trinajstić information content (AvgIpc) is 3.13. The Morgan fingerprint density at radius 1 is 1.14 bits per heavy atom. The van der Waals surface area contributed by atoms with Gasteiger partial charge in [-0.05, 0) is 101 Å². The van der Waals surface area contributed by atoms with E-state index in [0.717, 1.165) is 9.13 Å². The minimum Gasteiger partial charge on any atom is -0.486 e. The monoisotopic (exact) mass is 652 g/mol. The van der Waals surface area contributed by atoms with Crippen LogP contribution < -0.4 is 4.74 Å². The smallest absolute Gasteiger partial charge is 0.335 e. The topological polar surface area (TPSA) is 79.2 Å². The van der Waals surface area contributed by atoms with Gasteiger partial charge in [0.2, 0.25) is 0 Å². The third kappa shape index (κ3) is 6.23. The lowest BCUT2D eigenvalue weighted by atomic mass is 10.2. The number of ether oxygens (including phenoxy) is 1. The van der Waals surface area contributed by atoms with Crippen molar-refractivity contribution in [2.75, 3.05) is 6.54 Å². The molecule has 1 aliphatic heterocycles. The zero-order valence-corrected chi connectivity index (χ0v) is 23.4. The van der Waals surface area contributed by atoms with Gasteiger partial charge in [-0.3, -0.25) is 9.69 Å². The number of carbonyl (C=O) groups excluding carboxylic acids is 1. The summed E-state index contributed by atoms with van der Waals surface area (Å²) in [5.74, 6) is -0.873. The van der Waals surface area contributed by atoms with E-state index in [9.17, 15) is 14.7 Å². The minimum absolute atomic E-state index is 0.124. The quantitative estimate of drug-likeness (QED) is 0.211. The molecule has 36 heavy (non-hydrogen) atoms. The molecule has 0 bridgehead atoms. The summed E-state index contributed by atoms with van der Waals surface area (Å²) < 4.78 is 6.99. The van der Waals surface area contributed by atoms with Gasteiger partial charge in [-0.1, -0.05) is 41.4 Å². The number of likely N-dealkylation sites (N-methyl/N-ethyl adjacent to an activating group) is 1. The maximum absolute atomic E-state index is 13.0. The molecule has 0 spiro atoms. The number of carboxylic acids is 1. The molecule has 3 aromatic rings. The summed E-state index contributed by atoms with van der Waals surface area (Å²) in [5.41, 5.74) is 2.21. The van der Waals surface area contributed by atoms with E-state index in [2.05, 4.69) is 27.6 Å².